The molecule has 0 aromatic heterocycles. The van der Waals surface area contributed by atoms with Crippen molar-refractivity contribution in [1.82, 2.24) is 0 Å². The molecule has 0 saturated heterocycles. The molecule has 1 rings (SSSR count). The van der Waals surface area contributed by atoms with Gasteiger partial charge in [-0.1, -0.05) is 0 Å². The standard InChI is InChI=1S/C14H16O8/c1-18-12(15)7-21-10-4-9(14(17)20-3)5-11(6-10)22-8-13(16)19-2/h4-6H,7-8H2,1-3H3. The summed E-state index contributed by atoms with van der Waals surface area (Å²) >= 11 is 0. The Kier molecular flexibility index (Phi) is 6.68. The highest BCUT2D eigenvalue weighted by molar-refractivity contribution is 5.90. The number of benzene rings is 1. The zero-order valence-electron chi connectivity index (χ0n) is 12.4. The van der Waals surface area contributed by atoms with Gasteiger partial charge >= 0.3 is 17.9 Å². The molecule has 0 saturated carbocycles. The molecule has 0 aliphatic carbocycles. The first kappa shape index (κ1) is 17.3. The van der Waals surface area contributed by atoms with Crippen LogP contribution in [0.1, 0.15) is 10.4 Å². The van der Waals surface area contributed by atoms with Gasteiger partial charge in [-0.15, -0.1) is 0 Å². The molecule has 0 unspecified atom stereocenters. The summed E-state index contributed by atoms with van der Waals surface area (Å²) in [6.07, 6.45) is 0. The van der Waals surface area contributed by atoms with Crippen molar-refractivity contribution in [1.29, 1.82) is 0 Å². The average molecular weight is 312 g/mol. The molecule has 1 aromatic carbocycles. The molecule has 0 bridgehead atoms. The highest BCUT2D eigenvalue weighted by Crippen LogP contribution is 2.23. The van der Waals surface area contributed by atoms with Gasteiger partial charge in [-0.25, -0.2) is 14.4 Å². The van der Waals surface area contributed by atoms with Crippen LogP contribution in [0, 0.1) is 0 Å². The summed E-state index contributed by atoms with van der Waals surface area (Å²) < 4.78 is 23.9. The van der Waals surface area contributed by atoms with E-state index in [1.165, 1.54) is 39.5 Å². The number of ether oxygens (including phenoxy) is 5. The Morgan fingerprint density at radius 2 is 1.23 bits per heavy atom. The summed E-state index contributed by atoms with van der Waals surface area (Å²) in [5, 5.41) is 0. The first-order chi connectivity index (χ1) is 10.5. The summed E-state index contributed by atoms with van der Waals surface area (Å²) in [7, 11) is 3.67. The van der Waals surface area contributed by atoms with E-state index in [1.807, 2.05) is 0 Å². The number of hydrogen-bond donors (Lipinski definition) is 0. The molecule has 8 heteroatoms. The Morgan fingerprint density at radius 3 is 1.59 bits per heavy atom. The summed E-state index contributed by atoms with van der Waals surface area (Å²) in [5.41, 5.74) is 0.143. The molecule has 0 atom stereocenters. The van der Waals surface area contributed by atoms with Crippen molar-refractivity contribution in [2.75, 3.05) is 34.5 Å². The van der Waals surface area contributed by atoms with Crippen LogP contribution in [0.4, 0.5) is 0 Å². The summed E-state index contributed by atoms with van der Waals surface area (Å²) in [6.45, 7) is -0.671. The van der Waals surface area contributed by atoms with E-state index in [2.05, 4.69) is 14.2 Å². The number of rotatable bonds is 7. The van der Waals surface area contributed by atoms with Crippen LogP contribution in [0.2, 0.25) is 0 Å². The maximum absolute atomic E-state index is 11.6. The van der Waals surface area contributed by atoms with Crippen LogP contribution in [0.3, 0.4) is 0 Å². The highest BCUT2D eigenvalue weighted by Gasteiger charge is 2.12. The van der Waals surface area contributed by atoms with Gasteiger partial charge in [-0.3, -0.25) is 0 Å². The van der Waals surface area contributed by atoms with Gasteiger partial charge in [0.25, 0.3) is 0 Å². The minimum atomic E-state index is -0.619. The van der Waals surface area contributed by atoms with Gasteiger partial charge in [-0.2, -0.15) is 0 Å². The van der Waals surface area contributed by atoms with Crippen molar-refractivity contribution in [3.8, 4) is 11.5 Å². The molecule has 22 heavy (non-hydrogen) atoms. The van der Waals surface area contributed by atoms with E-state index < -0.39 is 17.9 Å². The molecule has 0 fully saturated rings. The lowest BCUT2D eigenvalue weighted by Gasteiger charge is -2.10. The predicted molar refractivity (Wildman–Crippen MR) is 72.8 cm³/mol. The fourth-order valence-corrected chi connectivity index (χ4v) is 1.38. The lowest BCUT2D eigenvalue weighted by Crippen LogP contribution is -2.14. The molecule has 120 valence electrons. The van der Waals surface area contributed by atoms with E-state index in [1.54, 1.807) is 0 Å². The lowest BCUT2D eigenvalue weighted by atomic mass is 10.2. The third kappa shape index (κ3) is 5.31. The average Bonchev–Trinajstić information content (AvgIpc) is 2.56. The SMILES string of the molecule is COC(=O)COc1cc(OCC(=O)OC)cc(C(=O)OC)c1. The molecule has 0 amide bonds. The van der Waals surface area contributed by atoms with Gasteiger partial charge < -0.3 is 23.7 Å². The minimum absolute atomic E-state index is 0.143. The molecule has 0 heterocycles. The smallest absolute Gasteiger partial charge is 0.343 e. The van der Waals surface area contributed by atoms with Gasteiger partial charge in [0, 0.05) is 6.07 Å². The molecule has 1 aromatic rings. The Hall–Kier alpha value is -2.77. The van der Waals surface area contributed by atoms with Crippen molar-refractivity contribution in [2.24, 2.45) is 0 Å². The number of esters is 3. The predicted octanol–water partition coefficient (Wildman–Crippen LogP) is 0.577. The summed E-state index contributed by atoms with van der Waals surface area (Å²) in [4.78, 5) is 33.7. The first-order valence-electron chi connectivity index (χ1n) is 6.12. The number of carbonyl (C=O) groups excluding carboxylic acids is 3. The molecule has 0 aliphatic rings. The largest absolute Gasteiger partial charge is 0.482 e. The Labute approximate surface area is 126 Å². The van der Waals surface area contributed by atoms with Gasteiger partial charge in [0.2, 0.25) is 0 Å². The molecule has 0 spiro atoms. The van der Waals surface area contributed by atoms with E-state index >= 15 is 0 Å². The minimum Gasteiger partial charge on any atom is -0.482 e. The lowest BCUT2D eigenvalue weighted by molar-refractivity contribution is -0.143. The normalized spacial score (nSPS) is 9.59. The van der Waals surface area contributed by atoms with Crippen molar-refractivity contribution >= 4 is 17.9 Å². The van der Waals surface area contributed by atoms with Crippen LogP contribution >= 0.6 is 0 Å². The molecule has 0 N–H and O–H groups in total. The van der Waals surface area contributed by atoms with Crippen LogP contribution < -0.4 is 9.47 Å². The van der Waals surface area contributed by atoms with E-state index in [-0.39, 0.29) is 30.3 Å². The second kappa shape index (κ2) is 8.50. The van der Waals surface area contributed by atoms with Gasteiger partial charge in [0.05, 0.1) is 26.9 Å². The second-order valence-corrected chi connectivity index (χ2v) is 3.91. The Morgan fingerprint density at radius 1 is 0.773 bits per heavy atom. The van der Waals surface area contributed by atoms with Gasteiger partial charge in [-0.05, 0) is 12.1 Å². The van der Waals surface area contributed by atoms with Crippen LogP contribution in [-0.2, 0) is 23.8 Å². The molecule has 8 nitrogen and oxygen atoms in total. The van der Waals surface area contributed by atoms with Crippen molar-refractivity contribution in [3.05, 3.63) is 23.8 Å². The zero-order valence-corrected chi connectivity index (χ0v) is 12.4. The van der Waals surface area contributed by atoms with Crippen LogP contribution in [0.5, 0.6) is 11.5 Å². The monoisotopic (exact) mass is 312 g/mol. The van der Waals surface area contributed by atoms with Gasteiger partial charge in [0.1, 0.15) is 11.5 Å². The maximum Gasteiger partial charge on any atom is 0.343 e. The third-order valence-electron chi connectivity index (χ3n) is 2.47. The topological polar surface area (TPSA) is 97.4 Å². The fraction of sp³-hybridized carbons (Fsp3) is 0.357. The number of methoxy groups -OCH3 is 3. The number of carbonyl (C=O) groups is 3. The quantitative estimate of drug-likeness (QED) is 0.532. The third-order valence-corrected chi connectivity index (χ3v) is 2.47. The van der Waals surface area contributed by atoms with E-state index in [0.717, 1.165) is 0 Å². The highest BCUT2D eigenvalue weighted by atomic mass is 16.6. The van der Waals surface area contributed by atoms with E-state index in [0.29, 0.717) is 0 Å². The van der Waals surface area contributed by atoms with Crippen LogP contribution in [0.25, 0.3) is 0 Å². The second-order valence-electron chi connectivity index (χ2n) is 3.91. The van der Waals surface area contributed by atoms with Gasteiger partial charge in [0.15, 0.2) is 13.2 Å². The summed E-state index contributed by atoms with van der Waals surface area (Å²) in [6, 6.07) is 4.16. The fourth-order valence-electron chi connectivity index (χ4n) is 1.38. The molecule has 0 aliphatic heterocycles. The van der Waals surface area contributed by atoms with E-state index in [9.17, 15) is 14.4 Å². The van der Waals surface area contributed by atoms with Crippen molar-refractivity contribution in [3.63, 3.8) is 0 Å². The maximum atomic E-state index is 11.6. The molecule has 0 radical (unpaired) electrons. The Bertz CT molecular complexity index is 514. The summed E-state index contributed by atoms with van der Waals surface area (Å²) in [5.74, 6) is -1.41. The van der Waals surface area contributed by atoms with Crippen LogP contribution in [-0.4, -0.2) is 52.5 Å². The molecular weight excluding hydrogens is 296 g/mol. The van der Waals surface area contributed by atoms with Crippen molar-refractivity contribution in [2.45, 2.75) is 0 Å². The van der Waals surface area contributed by atoms with E-state index in [4.69, 9.17) is 9.47 Å². The molecular formula is C14H16O8. The Balaban J connectivity index is 2.92. The van der Waals surface area contributed by atoms with Crippen molar-refractivity contribution < 1.29 is 38.1 Å². The number of hydrogen-bond acceptors (Lipinski definition) is 8. The first-order valence-corrected chi connectivity index (χ1v) is 6.12. The van der Waals surface area contributed by atoms with Crippen LogP contribution in [0.15, 0.2) is 18.2 Å². The zero-order chi connectivity index (χ0) is 16.5.